The summed E-state index contributed by atoms with van der Waals surface area (Å²) >= 11 is 1.74. The Hall–Kier alpha value is -0.960. The van der Waals surface area contributed by atoms with Gasteiger partial charge in [0.15, 0.2) is 5.90 Å². The van der Waals surface area contributed by atoms with Crippen LogP contribution in [-0.2, 0) is 4.74 Å². The fraction of sp³-hybridized carbons (Fsp3) is 0.364. The summed E-state index contributed by atoms with van der Waals surface area (Å²) in [6, 6.07) is 10.5. The largest absolute Gasteiger partial charge is 0.478 e. The van der Waals surface area contributed by atoms with Crippen molar-refractivity contribution in [1.29, 1.82) is 0 Å². The quantitative estimate of drug-likeness (QED) is 0.759. The van der Waals surface area contributed by atoms with Crippen LogP contribution in [0.3, 0.4) is 0 Å². The molecular formula is C11H13NOS. The van der Waals surface area contributed by atoms with Crippen molar-refractivity contribution >= 4 is 17.7 Å². The molecule has 0 saturated carbocycles. The van der Waals surface area contributed by atoms with Gasteiger partial charge >= 0.3 is 0 Å². The predicted molar refractivity (Wildman–Crippen MR) is 61.0 cm³/mol. The van der Waals surface area contributed by atoms with Gasteiger partial charge in [0.25, 0.3) is 0 Å². The van der Waals surface area contributed by atoms with Gasteiger partial charge < -0.3 is 4.74 Å². The molecule has 3 heteroatoms. The summed E-state index contributed by atoms with van der Waals surface area (Å²) in [5, 5.41) is 0. The first-order valence-corrected chi connectivity index (χ1v) is 6.03. The highest BCUT2D eigenvalue weighted by Crippen LogP contribution is 2.23. The topological polar surface area (TPSA) is 21.6 Å². The molecule has 0 saturated heterocycles. The second-order valence-electron chi connectivity index (χ2n) is 3.19. The Morgan fingerprint density at radius 1 is 1.43 bits per heavy atom. The maximum Gasteiger partial charge on any atom is 0.194 e. The number of thioether (sulfide) groups is 1. The molecule has 0 bridgehead atoms. The smallest absolute Gasteiger partial charge is 0.194 e. The third kappa shape index (κ3) is 2.10. The molecule has 1 heterocycles. The van der Waals surface area contributed by atoms with Gasteiger partial charge in [-0.2, -0.15) is 11.8 Å². The normalized spacial score (nSPS) is 20.4. The molecule has 0 aliphatic carbocycles. The van der Waals surface area contributed by atoms with Gasteiger partial charge in [0.1, 0.15) is 12.6 Å². The third-order valence-corrected chi connectivity index (χ3v) is 2.70. The van der Waals surface area contributed by atoms with E-state index in [0.717, 1.165) is 11.7 Å². The maximum absolute atomic E-state index is 5.49. The number of aliphatic imine (C=N–C) groups is 1. The van der Waals surface area contributed by atoms with Crippen LogP contribution in [0, 0.1) is 0 Å². The molecule has 1 atom stereocenters. The summed E-state index contributed by atoms with van der Waals surface area (Å²) in [4.78, 5) is 4.52. The molecule has 0 unspecified atom stereocenters. The molecule has 0 amide bonds. The van der Waals surface area contributed by atoms with Gasteiger partial charge in [-0.3, -0.25) is 0 Å². The second-order valence-corrected chi connectivity index (χ2v) is 4.06. The van der Waals surface area contributed by atoms with E-state index < -0.39 is 0 Å². The number of benzene rings is 1. The van der Waals surface area contributed by atoms with E-state index in [0.29, 0.717) is 6.61 Å². The van der Waals surface area contributed by atoms with Crippen molar-refractivity contribution in [3.63, 3.8) is 0 Å². The lowest BCUT2D eigenvalue weighted by molar-refractivity contribution is 0.317. The summed E-state index contributed by atoms with van der Waals surface area (Å²) in [5.74, 6) is 1.76. The molecule has 1 aliphatic rings. The van der Waals surface area contributed by atoms with Gasteiger partial charge in [0.2, 0.25) is 0 Å². The summed E-state index contributed by atoms with van der Waals surface area (Å²) in [6.07, 6.45) is 2.06. The van der Waals surface area contributed by atoms with Gasteiger partial charge in [-0.1, -0.05) is 30.3 Å². The van der Waals surface area contributed by atoms with Crippen LogP contribution in [0.1, 0.15) is 11.6 Å². The zero-order valence-corrected chi connectivity index (χ0v) is 8.96. The molecule has 14 heavy (non-hydrogen) atoms. The summed E-state index contributed by atoms with van der Waals surface area (Å²) in [7, 11) is 0. The van der Waals surface area contributed by atoms with Crippen molar-refractivity contribution in [1.82, 2.24) is 0 Å². The van der Waals surface area contributed by atoms with Crippen molar-refractivity contribution in [3.05, 3.63) is 35.9 Å². The number of nitrogens with zero attached hydrogens (tertiary/aromatic N) is 1. The summed E-state index contributed by atoms with van der Waals surface area (Å²) in [6.45, 7) is 0.694. The Kier molecular flexibility index (Phi) is 3.09. The molecule has 1 aromatic carbocycles. The Morgan fingerprint density at radius 3 is 2.93 bits per heavy atom. The highest BCUT2D eigenvalue weighted by molar-refractivity contribution is 7.99. The van der Waals surface area contributed by atoms with E-state index in [9.17, 15) is 0 Å². The molecule has 0 fully saturated rings. The minimum absolute atomic E-state index is 0.207. The van der Waals surface area contributed by atoms with Crippen LogP contribution < -0.4 is 0 Å². The minimum atomic E-state index is 0.207. The van der Waals surface area contributed by atoms with Crippen molar-refractivity contribution in [2.24, 2.45) is 4.99 Å². The van der Waals surface area contributed by atoms with E-state index in [1.54, 1.807) is 11.8 Å². The summed E-state index contributed by atoms with van der Waals surface area (Å²) in [5.41, 5.74) is 1.24. The average Bonchev–Trinajstić information content (AvgIpc) is 2.68. The first-order chi connectivity index (χ1) is 6.90. The fourth-order valence-corrected chi connectivity index (χ4v) is 1.88. The maximum atomic E-state index is 5.49. The number of hydrogen-bond donors (Lipinski definition) is 0. The Balaban J connectivity index is 2.08. The van der Waals surface area contributed by atoms with Crippen LogP contribution in [0.2, 0.25) is 0 Å². The number of ether oxygens (including phenoxy) is 1. The molecular weight excluding hydrogens is 194 g/mol. The van der Waals surface area contributed by atoms with Crippen molar-refractivity contribution in [2.75, 3.05) is 18.6 Å². The van der Waals surface area contributed by atoms with Gasteiger partial charge in [-0.25, -0.2) is 4.99 Å². The lowest BCUT2D eigenvalue weighted by Crippen LogP contribution is -2.01. The van der Waals surface area contributed by atoms with Gasteiger partial charge in [0.05, 0.1) is 5.75 Å². The first-order valence-electron chi connectivity index (χ1n) is 4.63. The standard InChI is InChI=1S/C11H13NOS/c1-14-8-11-12-10(7-13-11)9-5-3-2-4-6-9/h2-6,10H,7-8H2,1H3/t10-/m1/s1. The van der Waals surface area contributed by atoms with Crippen LogP contribution in [0.5, 0.6) is 0 Å². The van der Waals surface area contributed by atoms with Crippen LogP contribution in [0.25, 0.3) is 0 Å². The monoisotopic (exact) mass is 207 g/mol. The molecule has 74 valence electrons. The molecule has 0 spiro atoms. The van der Waals surface area contributed by atoms with Crippen LogP contribution in [0.15, 0.2) is 35.3 Å². The Bertz CT molecular complexity index is 323. The van der Waals surface area contributed by atoms with E-state index in [4.69, 9.17) is 4.74 Å². The molecule has 0 N–H and O–H groups in total. The van der Waals surface area contributed by atoms with E-state index >= 15 is 0 Å². The average molecular weight is 207 g/mol. The second kappa shape index (κ2) is 4.51. The van der Waals surface area contributed by atoms with Crippen LogP contribution in [-0.4, -0.2) is 24.5 Å². The zero-order valence-electron chi connectivity index (χ0n) is 8.14. The highest BCUT2D eigenvalue weighted by Gasteiger charge is 2.19. The first kappa shape index (κ1) is 9.59. The molecule has 1 aromatic rings. The molecule has 2 rings (SSSR count). The van der Waals surface area contributed by atoms with Gasteiger partial charge in [-0.15, -0.1) is 0 Å². The summed E-state index contributed by atoms with van der Waals surface area (Å²) < 4.78 is 5.49. The van der Waals surface area contributed by atoms with Crippen LogP contribution in [0.4, 0.5) is 0 Å². The fourth-order valence-electron chi connectivity index (χ4n) is 1.47. The zero-order chi connectivity index (χ0) is 9.80. The predicted octanol–water partition coefficient (Wildman–Crippen LogP) is 2.52. The van der Waals surface area contributed by atoms with E-state index in [1.165, 1.54) is 5.56 Å². The number of rotatable bonds is 3. The molecule has 1 aliphatic heterocycles. The highest BCUT2D eigenvalue weighted by atomic mass is 32.2. The third-order valence-electron chi connectivity index (χ3n) is 2.16. The van der Waals surface area contributed by atoms with Gasteiger partial charge in [-0.05, 0) is 11.8 Å². The molecule has 0 radical (unpaired) electrons. The van der Waals surface area contributed by atoms with E-state index in [1.807, 2.05) is 18.2 Å². The lowest BCUT2D eigenvalue weighted by Gasteiger charge is -2.03. The Labute approximate surface area is 88.4 Å². The van der Waals surface area contributed by atoms with Crippen LogP contribution >= 0.6 is 11.8 Å². The van der Waals surface area contributed by atoms with Gasteiger partial charge in [0, 0.05) is 0 Å². The number of hydrogen-bond acceptors (Lipinski definition) is 3. The van der Waals surface area contributed by atoms with E-state index in [-0.39, 0.29) is 6.04 Å². The Morgan fingerprint density at radius 2 is 2.21 bits per heavy atom. The molecule has 0 aromatic heterocycles. The van der Waals surface area contributed by atoms with E-state index in [2.05, 4.69) is 23.4 Å². The minimum Gasteiger partial charge on any atom is -0.478 e. The van der Waals surface area contributed by atoms with Crippen molar-refractivity contribution < 1.29 is 4.74 Å². The van der Waals surface area contributed by atoms with Crippen molar-refractivity contribution in [2.45, 2.75) is 6.04 Å². The molecule has 2 nitrogen and oxygen atoms in total. The SMILES string of the molecule is CSCC1=N[C@@H](c2ccccc2)CO1. The van der Waals surface area contributed by atoms with Crippen molar-refractivity contribution in [3.8, 4) is 0 Å². The lowest BCUT2D eigenvalue weighted by atomic mass is 10.1.